The summed E-state index contributed by atoms with van der Waals surface area (Å²) in [4.78, 5) is 11.8. The van der Waals surface area contributed by atoms with Crippen molar-refractivity contribution >= 4 is 34.6 Å². The zero-order valence-corrected chi connectivity index (χ0v) is 12.3. The molecule has 0 aliphatic carbocycles. The summed E-state index contributed by atoms with van der Waals surface area (Å²) in [5, 5.41) is 11.7. The van der Waals surface area contributed by atoms with E-state index in [9.17, 15) is 4.79 Å². The molecule has 1 saturated heterocycles. The van der Waals surface area contributed by atoms with E-state index >= 15 is 0 Å². The zero-order valence-electron chi connectivity index (χ0n) is 10.2. The molecular weight excluding hydrogens is 359 g/mol. The number of rotatable bonds is 4. The van der Waals surface area contributed by atoms with Crippen molar-refractivity contribution in [3.05, 3.63) is 27.2 Å². The minimum Gasteiger partial charge on any atom is -0.451 e. The van der Waals surface area contributed by atoms with Crippen LogP contribution in [-0.2, 0) is 9.53 Å². The highest BCUT2D eigenvalue weighted by Crippen LogP contribution is 2.14. The fourth-order valence-electron chi connectivity index (χ4n) is 1.80. The first-order chi connectivity index (χ1) is 9.19. The number of nitriles is 1. The second kappa shape index (κ2) is 6.73. The van der Waals surface area contributed by atoms with Gasteiger partial charge in [0.2, 0.25) is 0 Å². The van der Waals surface area contributed by atoms with Crippen molar-refractivity contribution < 1.29 is 13.9 Å². The van der Waals surface area contributed by atoms with Crippen molar-refractivity contribution in [1.29, 1.82) is 5.26 Å². The van der Waals surface area contributed by atoms with Gasteiger partial charge in [0.15, 0.2) is 3.77 Å². The highest BCUT2D eigenvalue weighted by atomic mass is 127. The molecule has 2 heterocycles. The molecule has 5 nitrogen and oxygen atoms in total. The highest BCUT2D eigenvalue weighted by Gasteiger charge is 2.17. The van der Waals surface area contributed by atoms with Gasteiger partial charge in [0.1, 0.15) is 17.4 Å². The van der Waals surface area contributed by atoms with E-state index in [1.165, 1.54) is 6.08 Å². The molecule has 0 saturated carbocycles. The standard InChI is InChI=1S/C13H13IN2O3/c14-12-4-3-10(19-12)6-9(7-15)13(17)16-8-11-2-1-5-18-11/h3-4,6,11H,1-2,5,8H2,(H,16,17)/b9-6-/t11-/m1/s1. The molecule has 19 heavy (non-hydrogen) atoms. The Morgan fingerprint density at radius 2 is 2.47 bits per heavy atom. The van der Waals surface area contributed by atoms with E-state index in [0.717, 1.165) is 19.4 Å². The summed E-state index contributed by atoms with van der Waals surface area (Å²) in [6, 6.07) is 5.37. The van der Waals surface area contributed by atoms with Crippen LogP contribution in [0.1, 0.15) is 18.6 Å². The average Bonchev–Trinajstić information content (AvgIpc) is 3.04. The van der Waals surface area contributed by atoms with Gasteiger partial charge in [0, 0.05) is 19.2 Å². The Bertz CT molecular complexity index is 524. The maximum atomic E-state index is 11.8. The summed E-state index contributed by atoms with van der Waals surface area (Å²) in [5.74, 6) is 0.0950. The lowest BCUT2D eigenvalue weighted by Gasteiger charge is -2.09. The second-order valence-corrected chi connectivity index (χ2v) is 5.22. The highest BCUT2D eigenvalue weighted by molar-refractivity contribution is 14.1. The number of hydrogen-bond acceptors (Lipinski definition) is 4. The molecule has 1 fully saturated rings. The molecule has 2 rings (SSSR count). The van der Waals surface area contributed by atoms with Gasteiger partial charge < -0.3 is 14.5 Å². The monoisotopic (exact) mass is 372 g/mol. The maximum Gasteiger partial charge on any atom is 0.262 e. The first kappa shape index (κ1) is 14.1. The molecule has 1 amide bonds. The van der Waals surface area contributed by atoms with Gasteiger partial charge in [-0.3, -0.25) is 4.79 Å². The van der Waals surface area contributed by atoms with Gasteiger partial charge in [-0.25, -0.2) is 0 Å². The van der Waals surface area contributed by atoms with E-state index in [-0.39, 0.29) is 11.7 Å². The summed E-state index contributed by atoms with van der Waals surface area (Å²) in [6.45, 7) is 1.18. The molecule has 0 aromatic carbocycles. The molecule has 0 radical (unpaired) electrons. The third-order valence-corrected chi connectivity index (χ3v) is 3.34. The lowest BCUT2D eigenvalue weighted by molar-refractivity contribution is -0.117. The molecule has 1 aliphatic rings. The Morgan fingerprint density at radius 1 is 1.63 bits per heavy atom. The lowest BCUT2D eigenvalue weighted by Crippen LogP contribution is -2.32. The fourth-order valence-corrected chi connectivity index (χ4v) is 2.24. The number of furan rings is 1. The Hall–Kier alpha value is -1.33. The fraction of sp³-hybridized carbons (Fsp3) is 0.385. The first-order valence-corrected chi connectivity index (χ1v) is 7.04. The van der Waals surface area contributed by atoms with Gasteiger partial charge in [-0.2, -0.15) is 5.26 Å². The van der Waals surface area contributed by atoms with Crippen LogP contribution in [0.4, 0.5) is 0 Å². The lowest BCUT2D eigenvalue weighted by atomic mass is 10.2. The second-order valence-electron chi connectivity index (χ2n) is 4.16. The molecule has 0 unspecified atom stereocenters. The Morgan fingerprint density at radius 3 is 3.05 bits per heavy atom. The van der Waals surface area contributed by atoms with Crippen molar-refractivity contribution in [3.8, 4) is 6.07 Å². The number of amides is 1. The van der Waals surface area contributed by atoms with Crippen LogP contribution in [0.25, 0.3) is 6.08 Å². The van der Waals surface area contributed by atoms with Crippen LogP contribution < -0.4 is 5.32 Å². The van der Waals surface area contributed by atoms with Crippen molar-refractivity contribution in [2.75, 3.05) is 13.2 Å². The largest absolute Gasteiger partial charge is 0.451 e. The van der Waals surface area contributed by atoms with Crippen LogP contribution in [0.2, 0.25) is 0 Å². The number of nitrogens with one attached hydrogen (secondary N) is 1. The average molecular weight is 372 g/mol. The molecule has 1 N–H and O–H groups in total. The summed E-state index contributed by atoms with van der Waals surface area (Å²) in [5.41, 5.74) is 0.0312. The van der Waals surface area contributed by atoms with Gasteiger partial charge in [-0.15, -0.1) is 0 Å². The predicted octanol–water partition coefficient (Wildman–Crippen LogP) is 2.09. The Kier molecular flexibility index (Phi) is 4.99. The van der Waals surface area contributed by atoms with Crippen molar-refractivity contribution in [2.24, 2.45) is 0 Å². The van der Waals surface area contributed by atoms with Gasteiger partial charge >= 0.3 is 0 Å². The van der Waals surface area contributed by atoms with Crippen LogP contribution in [0.5, 0.6) is 0 Å². The SMILES string of the molecule is N#C/C(=C/c1ccc(I)o1)C(=O)NC[C@H]1CCCO1. The maximum absolute atomic E-state index is 11.8. The molecule has 1 aromatic heterocycles. The van der Waals surface area contributed by atoms with Crippen LogP contribution in [0.15, 0.2) is 22.1 Å². The number of carbonyl (C=O) groups is 1. The van der Waals surface area contributed by atoms with E-state index in [0.29, 0.717) is 16.1 Å². The van der Waals surface area contributed by atoms with E-state index < -0.39 is 5.91 Å². The molecule has 0 spiro atoms. The number of hydrogen-bond donors (Lipinski definition) is 1. The first-order valence-electron chi connectivity index (χ1n) is 5.96. The van der Waals surface area contributed by atoms with Crippen molar-refractivity contribution in [1.82, 2.24) is 5.32 Å². The van der Waals surface area contributed by atoms with E-state index in [4.69, 9.17) is 14.4 Å². The molecule has 0 bridgehead atoms. The third-order valence-electron chi connectivity index (χ3n) is 2.76. The molecule has 1 aliphatic heterocycles. The molecule has 6 heteroatoms. The van der Waals surface area contributed by atoms with Gasteiger partial charge in [0.05, 0.1) is 6.10 Å². The summed E-state index contributed by atoms with van der Waals surface area (Å²) in [6.07, 6.45) is 3.47. The quantitative estimate of drug-likeness (QED) is 0.499. The molecular formula is C13H13IN2O3. The number of halogens is 1. The third kappa shape index (κ3) is 4.08. The summed E-state index contributed by atoms with van der Waals surface area (Å²) in [7, 11) is 0. The van der Waals surface area contributed by atoms with Gasteiger partial charge in [-0.1, -0.05) is 0 Å². The summed E-state index contributed by atoms with van der Waals surface area (Å²) >= 11 is 2.02. The topological polar surface area (TPSA) is 75.3 Å². The van der Waals surface area contributed by atoms with E-state index in [2.05, 4.69) is 5.32 Å². The predicted molar refractivity (Wildman–Crippen MR) is 77.0 cm³/mol. The molecule has 100 valence electrons. The summed E-state index contributed by atoms with van der Waals surface area (Å²) < 4.78 is 11.4. The Labute approximate surface area is 124 Å². The number of nitrogens with zero attached hydrogens (tertiary/aromatic N) is 1. The normalized spacial score (nSPS) is 19.2. The molecule has 1 aromatic rings. The van der Waals surface area contributed by atoms with Crippen molar-refractivity contribution in [3.63, 3.8) is 0 Å². The van der Waals surface area contributed by atoms with Crippen LogP contribution in [-0.4, -0.2) is 25.2 Å². The van der Waals surface area contributed by atoms with E-state index in [1.54, 1.807) is 12.1 Å². The smallest absolute Gasteiger partial charge is 0.262 e. The van der Waals surface area contributed by atoms with Crippen LogP contribution in [0.3, 0.4) is 0 Å². The van der Waals surface area contributed by atoms with Crippen LogP contribution in [0, 0.1) is 15.1 Å². The minimum atomic E-state index is -0.399. The van der Waals surface area contributed by atoms with Crippen molar-refractivity contribution in [2.45, 2.75) is 18.9 Å². The molecule has 1 atom stereocenters. The van der Waals surface area contributed by atoms with Gasteiger partial charge in [0.25, 0.3) is 5.91 Å². The Balaban J connectivity index is 1.95. The number of ether oxygens (including phenoxy) is 1. The van der Waals surface area contributed by atoms with E-state index in [1.807, 2.05) is 28.7 Å². The zero-order chi connectivity index (χ0) is 13.7. The number of carbonyl (C=O) groups excluding carboxylic acids is 1. The van der Waals surface area contributed by atoms with Gasteiger partial charge in [-0.05, 0) is 47.6 Å². The minimum absolute atomic E-state index is 0.0312. The van der Waals surface area contributed by atoms with Crippen LogP contribution >= 0.6 is 22.6 Å².